The van der Waals surface area contributed by atoms with E-state index in [1.807, 2.05) is 0 Å². The quantitative estimate of drug-likeness (QED) is 0.693. The van der Waals surface area contributed by atoms with Crippen LogP contribution in [0, 0.1) is 0 Å². The zero-order valence-electron chi connectivity index (χ0n) is 16.6. The molecule has 5 rings (SSSR count). The average Bonchev–Trinajstić information content (AvgIpc) is 3.30. The van der Waals surface area contributed by atoms with Crippen LogP contribution in [-0.4, -0.2) is 26.4 Å². The number of nitrogens with one attached hydrogen (secondary N) is 1. The Morgan fingerprint density at radius 3 is 2.83 bits per heavy atom. The second-order valence-corrected chi connectivity index (χ2v) is 9.11. The number of thiophene rings is 1. The van der Waals surface area contributed by atoms with Crippen LogP contribution in [0.4, 0.5) is 0 Å². The molecule has 1 N–H and O–H groups in total. The molecule has 1 aliphatic carbocycles. The van der Waals surface area contributed by atoms with Crippen molar-refractivity contribution in [3.63, 3.8) is 0 Å². The molecule has 1 fully saturated rings. The van der Waals surface area contributed by atoms with Crippen LogP contribution in [0.15, 0.2) is 40.5 Å². The van der Waals surface area contributed by atoms with Crippen LogP contribution in [-0.2, 0) is 19.5 Å². The van der Waals surface area contributed by atoms with Gasteiger partial charge in [-0.3, -0.25) is 14.7 Å². The van der Waals surface area contributed by atoms with Gasteiger partial charge in [0, 0.05) is 32.0 Å². The van der Waals surface area contributed by atoms with Gasteiger partial charge in [-0.1, -0.05) is 31.4 Å². The molecule has 0 aromatic carbocycles. The molecule has 29 heavy (non-hydrogen) atoms. The van der Waals surface area contributed by atoms with E-state index in [0.29, 0.717) is 12.5 Å². The number of rotatable bonds is 4. The number of hydrogen-bond donors (Lipinski definition) is 1. The standard InChI is InChI=1S/C23H26N4OS/c28-23-18-15-27(14-17-8-4-9-20(24-17)21-10-5-13-29-21)12-11-19(18)25-22(26-23)16-6-2-1-3-7-16/h4-5,8-10,13,16H,1-3,6-7,11-12,14-15H2,(H,25,26,28). The molecule has 5 nitrogen and oxygen atoms in total. The van der Waals surface area contributed by atoms with E-state index in [1.165, 1.54) is 24.1 Å². The van der Waals surface area contributed by atoms with Crippen molar-refractivity contribution in [3.05, 3.63) is 68.8 Å². The molecular weight excluding hydrogens is 380 g/mol. The van der Waals surface area contributed by atoms with Crippen molar-refractivity contribution in [2.24, 2.45) is 0 Å². The first-order chi connectivity index (χ1) is 14.3. The summed E-state index contributed by atoms with van der Waals surface area (Å²) in [6, 6.07) is 10.4. The van der Waals surface area contributed by atoms with Gasteiger partial charge in [0.25, 0.3) is 5.56 Å². The van der Waals surface area contributed by atoms with Crippen LogP contribution >= 0.6 is 11.3 Å². The van der Waals surface area contributed by atoms with Crippen molar-refractivity contribution in [2.45, 2.75) is 57.5 Å². The lowest BCUT2D eigenvalue weighted by Crippen LogP contribution is -2.36. The van der Waals surface area contributed by atoms with Gasteiger partial charge < -0.3 is 4.98 Å². The van der Waals surface area contributed by atoms with Crippen LogP contribution in [0.3, 0.4) is 0 Å². The number of hydrogen-bond acceptors (Lipinski definition) is 5. The monoisotopic (exact) mass is 406 g/mol. The van der Waals surface area contributed by atoms with E-state index in [9.17, 15) is 4.79 Å². The Balaban J connectivity index is 1.32. The fraction of sp³-hybridized carbons (Fsp3) is 0.435. The molecule has 3 aromatic heterocycles. The van der Waals surface area contributed by atoms with Crippen LogP contribution in [0.5, 0.6) is 0 Å². The molecular formula is C23H26N4OS. The van der Waals surface area contributed by atoms with E-state index in [4.69, 9.17) is 9.97 Å². The minimum Gasteiger partial charge on any atom is -0.310 e. The van der Waals surface area contributed by atoms with Gasteiger partial charge in [-0.2, -0.15) is 0 Å². The third-order valence-corrected chi connectivity index (χ3v) is 7.02. The van der Waals surface area contributed by atoms with E-state index in [0.717, 1.165) is 60.8 Å². The van der Waals surface area contributed by atoms with Gasteiger partial charge in [-0.05, 0) is 36.4 Å². The van der Waals surface area contributed by atoms with Gasteiger partial charge >= 0.3 is 0 Å². The highest BCUT2D eigenvalue weighted by Gasteiger charge is 2.24. The van der Waals surface area contributed by atoms with E-state index in [1.54, 1.807) is 11.3 Å². The van der Waals surface area contributed by atoms with E-state index in [-0.39, 0.29) is 5.56 Å². The maximum Gasteiger partial charge on any atom is 0.255 e. The lowest BCUT2D eigenvalue weighted by Gasteiger charge is -2.28. The first-order valence-electron chi connectivity index (χ1n) is 10.6. The molecule has 0 spiro atoms. The molecule has 0 amide bonds. The van der Waals surface area contributed by atoms with Gasteiger partial charge in [0.1, 0.15) is 5.82 Å². The highest BCUT2D eigenvalue weighted by Crippen LogP contribution is 2.31. The van der Waals surface area contributed by atoms with Crippen LogP contribution < -0.4 is 5.56 Å². The average molecular weight is 407 g/mol. The fourth-order valence-electron chi connectivity index (χ4n) is 4.56. The molecule has 0 bridgehead atoms. The summed E-state index contributed by atoms with van der Waals surface area (Å²) < 4.78 is 0. The second-order valence-electron chi connectivity index (χ2n) is 8.16. The molecule has 2 aliphatic rings. The highest BCUT2D eigenvalue weighted by molar-refractivity contribution is 7.13. The zero-order chi connectivity index (χ0) is 19.6. The van der Waals surface area contributed by atoms with Crippen molar-refractivity contribution in [1.29, 1.82) is 0 Å². The van der Waals surface area contributed by atoms with Crippen molar-refractivity contribution in [2.75, 3.05) is 6.54 Å². The molecule has 3 aromatic rings. The molecule has 1 aliphatic heterocycles. The van der Waals surface area contributed by atoms with Crippen molar-refractivity contribution in [1.82, 2.24) is 19.9 Å². The Bertz CT molecular complexity index is 1040. The lowest BCUT2D eigenvalue weighted by molar-refractivity contribution is 0.238. The first-order valence-corrected chi connectivity index (χ1v) is 11.5. The predicted octanol–water partition coefficient (Wildman–Crippen LogP) is 4.50. The Morgan fingerprint density at radius 2 is 2.00 bits per heavy atom. The largest absolute Gasteiger partial charge is 0.310 e. The van der Waals surface area contributed by atoms with Crippen molar-refractivity contribution < 1.29 is 0 Å². The maximum atomic E-state index is 12.8. The zero-order valence-corrected chi connectivity index (χ0v) is 17.4. The molecule has 0 radical (unpaired) electrons. The van der Waals surface area contributed by atoms with Gasteiger partial charge in [-0.25, -0.2) is 4.98 Å². The number of H-pyrrole nitrogens is 1. The van der Waals surface area contributed by atoms with Gasteiger partial charge in [-0.15, -0.1) is 11.3 Å². The fourth-order valence-corrected chi connectivity index (χ4v) is 5.26. The molecule has 0 unspecified atom stereocenters. The third-order valence-electron chi connectivity index (χ3n) is 6.12. The Hall–Kier alpha value is -2.31. The summed E-state index contributed by atoms with van der Waals surface area (Å²) in [6.45, 7) is 2.31. The van der Waals surface area contributed by atoms with Crippen LogP contribution in [0.2, 0.25) is 0 Å². The maximum absolute atomic E-state index is 12.8. The van der Waals surface area contributed by atoms with Gasteiger partial charge in [0.15, 0.2) is 0 Å². The van der Waals surface area contributed by atoms with Crippen molar-refractivity contribution >= 4 is 11.3 Å². The number of fused-ring (bicyclic) bond motifs is 1. The van der Waals surface area contributed by atoms with Crippen LogP contribution in [0.25, 0.3) is 10.6 Å². The molecule has 1 saturated carbocycles. The summed E-state index contributed by atoms with van der Waals surface area (Å²) in [4.78, 5) is 29.1. The lowest BCUT2D eigenvalue weighted by atomic mass is 9.88. The van der Waals surface area contributed by atoms with Crippen molar-refractivity contribution in [3.8, 4) is 10.6 Å². The minimum atomic E-state index is 0.0561. The Morgan fingerprint density at radius 1 is 1.10 bits per heavy atom. The third kappa shape index (κ3) is 4.05. The smallest absolute Gasteiger partial charge is 0.255 e. The molecule has 4 heterocycles. The predicted molar refractivity (Wildman–Crippen MR) is 116 cm³/mol. The molecule has 0 atom stereocenters. The molecule has 0 saturated heterocycles. The number of aromatic nitrogens is 3. The summed E-state index contributed by atoms with van der Waals surface area (Å²) in [6.07, 6.45) is 6.94. The number of nitrogens with zero attached hydrogens (tertiary/aromatic N) is 3. The summed E-state index contributed by atoms with van der Waals surface area (Å²) in [5.74, 6) is 1.36. The minimum absolute atomic E-state index is 0.0561. The topological polar surface area (TPSA) is 61.9 Å². The summed E-state index contributed by atoms with van der Waals surface area (Å²) in [5.41, 5.74) is 3.96. The number of pyridine rings is 1. The van der Waals surface area contributed by atoms with E-state index in [2.05, 4.69) is 45.6 Å². The first kappa shape index (κ1) is 18.7. The summed E-state index contributed by atoms with van der Waals surface area (Å²) >= 11 is 1.71. The highest BCUT2D eigenvalue weighted by atomic mass is 32.1. The SMILES string of the molecule is O=c1[nH]c(C2CCCCC2)nc2c1CN(Cc1cccc(-c3cccs3)n1)CC2. The molecule has 6 heteroatoms. The van der Waals surface area contributed by atoms with E-state index >= 15 is 0 Å². The number of aromatic amines is 1. The van der Waals surface area contributed by atoms with E-state index < -0.39 is 0 Å². The van der Waals surface area contributed by atoms with Crippen LogP contribution in [0.1, 0.15) is 60.8 Å². The Kier molecular flexibility index (Phi) is 5.29. The molecule has 150 valence electrons. The second kappa shape index (κ2) is 8.20. The van der Waals surface area contributed by atoms with Gasteiger partial charge in [0.2, 0.25) is 0 Å². The van der Waals surface area contributed by atoms with Gasteiger partial charge in [0.05, 0.1) is 27.5 Å². The Labute approximate surface area is 174 Å². The normalized spacial score (nSPS) is 17.9. The summed E-state index contributed by atoms with van der Waals surface area (Å²) in [5, 5.41) is 2.08. The summed E-state index contributed by atoms with van der Waals surface area (Å²) in [7, 11) is 0.